The summed E-state index contributed by atoms with van der Waals surface area (Å²) in [4.78, 5) is 27.2. The number of primary amides is 1. The van der Waals surface area contributed by atoms with E-state index in [4.69, 9.17) is 20.0 Å². The number of hydrogen-bond acceptors (Lipinski definition) is 6. The highest BCUT2D eigenvalue weighted by Gasteiger charge is 2.37. The number of carbonyl (C=O) groups excluding carboxylic acids is 2. The number of anilines is 1. The third-order valence-electron chi connectivity index (χ3n) is 5.93. The summed E-state index contributed by atoms with van der Waals surface area (Å²) in [6.45, 7) is 2.24. The number of aryl methyl sites for hydroxylation is 1. The first-order valence-corrected chi connectivity index (χ1v) is 10.8. The van der Waals surface area contributed by atoms with E-state index >= 15 is 0 Å². The van der Waals surface area contributed by atoms with Crippen LogP contribution in [0.5, 0.6) is 5.75 Å². The summed E-state index contributed by atoms with van der Waals surface area (Å²) in [6.07, 6.45) is 1.31. The number of para-hydroxylation sites is 2. The number of benzene rings is 2. The maximum Gasteiger partial charge on any atom is 0.262 e. The third kappa shape index (κ3) is 4.07. The molecule has 8 heteroatoms. The molecule has 2 aliphatic rings. The van der Waals surface area contributed by atoms with Gasteiger partial charge in [-0.3, -0.25) is 9.59 Å². The molecule has 0 fully saturated rings. The van der Waals surface area contributed by atoms with Gasteiger partial charge in [-0.1, -0.05) is 42.0 Å². The minimum absolute atomic E-state index is 0.0199. The quantitative estimate of drug-likeness (QED) is 0.652. The van der Waals surface area contributed by atoms with Crippen molar-refractivity contribution < 1.29 is 18.7 Å². The zero-order chi connectivity index (χ0) is 22.9. The molecule has 0 saturated carbocycles. The zero-order valence-electron chi connectivity index (χ0n) is 18.2. The van der Waals surface area contributed by atoms with Gasteiger partial charge in [0, 0.05) is 6.42 Å². The highest BCUT2D eigenvalue weighted by molar-refractivity contribution is 6.03. The summed E-state index contributed by atoms with van der Waals surface area (Å²) in [5.41, 5.74) is 9.18. The van der Waals surface area contributed by atoms with Crippen molar-refractivity contribution in [2.75, 3.05) is 18.0 Å². The molecule has 2 atom stereocenters. The maximum absolute atomic E-state index is 13.5. The van der Waals surface area contributed by atoms with Crippen LogP contribution in [0, 0.1) is 6.92 Å². The summed E-state index contributed by atoms with van der Waals surface area (Å²) in [6, 6.07) is 18.7. The zero-order valence-corrected chi connectivity index (χ0v) is 18.2. The number of rotatable bonds is 5. The first kappa shape index (κ1) is 20.8. The van der Waals surface area contributed by atoms with Gasteiger partial charge in [0.05, 0.1) is 30.8 Å². The molecular weight excluding hydrogens is 420 g/mol. The lowest BCUT2D eigenvalue weighted by Crippen LogP contribution is -2.50. The van der Waals surface area contributed by atoms with Crippen LogP contribution in [0.3, 0.4) is 0 Å². The molecule has 2 aromatic carbocycles. The van der Waals surface area contributed by atoms with E-state index in [0.29, 0.717) is 17.9 Å². The molecule has 3 aromatic rings. The molecule has 2 aliphatic heterocycles. The molecule has 5 rings (SSSR count). The molecular formula is C25H24N4O4. The minimum Gasteiger partial charge on any atom is -0.477 e. The van der Waals surface area contributed by atoms with E-state index in [1.807, 2.05) is 60.4 Å². The van der Waals surface area contributed by atoms with Crippen LogP contribution in [-0.4, -0.2) is 41.7 Å². The van der Waals surface area contributed by atoms with Gasteiger partial charge in [0.25, 0.3) is 11.8 Å². The van der Waals surface area contributed by atoms with Gasteiger partial charge in [-0.2, -0.15) is 5.10 Å². The summed E-state index contributed by atoms with van der Waals surface area (Å²) >= 11 is 0. The average Bonchev–Trinajstić information content (AvgIpc) is 3.49. The molecule has 1 aromatic heterocycles. The molecule has 0 bridgehead atoms. The Morgan fingerprint density at radius 3 is 2.61 bits per heavy atom. The van der Waals surface area contributed by atoms with E-state index in [9.17, 15) is 9.59 Å². The summed E-state index contributed by atoms with van der Waals surface area (Å²) in [5, 5.41) is 6.18. The number of hydrogen-bond donors (Lipinski definition) is 1. The topological polar surface area (TPSA) is 101 Å². The SMILES string of the molecule is Cc1ccc(C2=NN(C(=O)CN3C[C@@H](C(N)=O)Oc4ccccc43)[C@@H](c3ccco3)C2)cc1. The van der Waals surface area contributed by atoms with Crippen molar-refractivity contribution in [1.82, 2.24) is 5.01 Å². The maximum atomic E-state index is 13.5. The molecule has 0 radical (unpaired) electrons. The number of carbonyl (C=O) groups is 2. The lowest BCUT2D eigenvalue weighted by Gasteiger charge is -2.35. The molecule has 0 saturated heterocycles. The first-order valence-electron chi connectivity index (χ1n) is 10.8. The Morgan fingerprint density at radius 1 is 1.09 bits per heavy atom. The molecule has 0 unspecified atom stereocenters. The first-order chi connectivity index (χ1) is 16.0. The third-order valence-corrected chi connectivity index (χ3v) is 5.93. The normalized spacial score (nSPS) is 19.6. The Kier molecular flexibility index (Phi) is 5.34. The molecule has 33 heavy (non-hydrogen) atoms. The number of fused-ring (bicyclic) bond motifs is 1. The lowest BCUT2D eigenvalue weighted by atomic mass is 10.0. The monoisotopic (exact) mass is 444 g/mol. The van der Waals surface area contributed by atoms with Crippen molar-refractivity contribution in [3.8, 4) is 5.75 Å². The van der Waals surface area contributed by atoms with Crippen LogP contribution in [0.15, 0.2) is 76.4 Å². The second kappa shape index (κ2) is 8.46. The fourth-order valence-electron chi connectivity index (χ4n) is 4.20. The van der Waals surface area contributed by atoms with Crippen LogP contribution in [-0.2, 0) is 9.59 Å². The van der Waals surface area contributed by atoms with Crippen LogP contribution in [0.1, 0.15) is 29.3 Å². The van der Waals surface area contributed by atoms with Crippen LogP contribution >= 0.6 is 0 Å². The number of furan rings is 1. The number of hydrazone groups is 1. The standard InChI is InChI=1S/C25H24N4O4/c1-16-8-10-17(11-9-16)18-13-20(21-7-4-12-32-21)29(27-18)24(30)15-28-14-23(25(26)31)33-22-6-3-2-5-19(22)28/h2-12,20,23H,13-15H2,1H3,(H2,26,31)/t20-,23+/m1/s1. The van der Waals surface area contributed by atoms with E-state index in [2.05, 4.69) is 0 Å². The predicted molar refractivity (Wildman–Crippen MR) is 123 cm³/mol. The predicted octanol–water partition coefficient (Wildman–Crippen LogP) is 3.02. The van der Waals surface area contributed by atoms with Crippen LogP contribution in [0.2, 0.25) is 0 Å². The Labute approximate surface area is 191 Å². The van der Waals surface area contributed by atoms with Crippen molar-refractivity contribution in [3.63, 3.8) is 0 Å². The van der Waals surface area contributed by atoms with E-state index < -0.39 is 12.0 Å². The van der Waals surface area contributed by atoms with Gasteiger partial charge in [0.15, 0.2) is 6.10 Å². The molecule has 168 valence electrons. The molecule has 0 spiro atoms. The van der Waals surface area contributed by atoms with Crippen molar-refractivity contribution in [1.29, 1.82) is 0 Å². The lowest BCUT2D eigenvalue weighted by molar-refractivity contribution is -0.132. The fourth-order valence-corrected chi connectivity index (χ4v) is 4.20. The van der Waals surface area contributed by atoms with Gasteiger partial charge in [-0.05, 0) is 36.8 Å². The largest absolute Gasteiger partial charge is 0.477 e. The van der Waals surface area contributed by atoms with Crippen molar-refractivity contribution >= 4 is 23.2 Å². The molecule has 2 N–H and O–H groups in total. The second-order valence-electron chi connectivity index (χ2n) is 8.24. The van der Waals surface area contributed by atoms with E-state index in [1.165, 1.54) is 5.01 Å². The van der Waals surface area contributed by atoms with E-state index in [-0.39, 0.29) is 25.0 Å². The van der Waals surface area contributed by atoms with Crippen LogP contribution in [0.25, 0.3) is 0 Å². The van der Waals surface area contributed by atoms with Crippen molar-refractivity contribution in [2.24, 2.45) is 10.8 Å². The average molecular weight is 444 g/mol. The molecule has 2 amide bonds. The fraction of sp³-hybridized carbons (Fsp3) is 0.240. The molecule has 3 heterocycles. The smallest absolute Gasteiger partial charge is 0.262 e. The number of amides is 2. The van der Waals surface area contributed by atoms with Gasteiger partial charge in [-0.25, -0.2) is 5.01 Å². The van der Waals surface area contributed by atoms with E-state index in [1.54, 1.807) is 18.4 Å². The Balaban J connectivity index is 1.44. The Bertz CT molecular complexity index is 1200. The Hall–Kier alpha value is -4.07. The van der Waals surface area contributed by atoms with Crippen LogP contribution in [0.4, 0.5) is 5.69 Å². The highest BCUT2D eigenvalue weighted by atomic mass is 16.5. The number of nitrogens with zero attached hydrogens (tertiary/aromatic N) is 3. The van der Waals surface area contributed by atoms with Gasteiger partial charge in [-0.15, -0.1) is 0 Å². The van der Waals surface area contributed by atoms with Crippen molar-refractivity contribution in [3.05, 3.63) is 83.8 Å². The van der Waals surface area contributed by atoms with Gasteiger partial charge >= 0.3 is 0 Å². The van der Waals surface area contributed by atoms with Gasteiger partial charge < -0.3 is 19.8 Å². The molecule has 0 aliphatic carbocycles. The second-order valence-corrected chi connectivity index (χ2v) is 8.24. The van der Waals surface area contributed by atoms with Gasteiger partial charge in [0.2, 0.25) is 0 Å². The number of ether oxygens (including phenoxy) is 1. The summed E-state index contributed by atoms with van der Waals surface area (Å²) in [5.74, 6) is 0.412. The van der Waals surface area contributed by atoms with Crippen LogP contribution < -0.4 is 15.4 Å². The number of nitrogens with two attached hydrogens (primary N) is 1. The minimum atomic E-state index is -0.834. The van der Waals surface area contributed by atoms with Gasteiger partial charge in [0.1, 0.15) is 17.6 Å². The summed E-state index contributed by atoms with van der Waals surface area (Å²) < 4.78 is 11.3. The molecule has 8 nitrogen and oxygen atoms in total. The van der Waals surface area contributed by atoms with E-state index in [0.717, 1.165) is 22.5 Å². The van der Waals surface area contributed by atoms with Crippen molar-refractivity contribution in [2.45, 2.75) is 25.5 Å². The Morgan fingerprint density at radius 2 is 1.88 bits per heavy atom. The highest BCUT2D eigenvalue weighted by Crippen LogP contribution is 2.36. The summed E-state index contributed by atoms with van der Waals surface area (Å²) in [7, 11) is 0.